The molecule has 22 heavy (non-hydrogen) atoms. The van der Waals surface area contributed by atoms with Crippen molar-refractivity contribution in [1.82, 2.24) is 0 Å². The van der Waals surface area contributed by atoms with E-state index < -0.39 is 11.8 Å². The molecule has 1 N–H and O–H groups in total. The molecule has 0 saturated carbocycles. The number of hydrogen-bond acceptors (Lipinski definition) is 2. The minimum atomic E-state index is -4.89. The van der Waals surface area contributed by atoms with E-state index in [0.717, 1.165) is 5.56 Å². The van der Waals surface area contributed by atoms with E-state index in [1.54, 1.807) is 19.9 Å². The van der Waals surface area contributed by atoms with Crippen LogP contribution in [0.15, 0.2) is 42.5 Å². The fourth-order valence-corrected chi connectivity index (χ4v) is 2.37. The van der Waals surface area contributed by atoms with Gasteiger partial charge in [-0.15, -0.1) is 0 Å². The number of hydrogen-bond donors (Lipinski definition) is 1. The summed E-state index contributed by atoms with van der Waals surface area (Å²) in [6.07, 6.45) is -4.89. The molecule has 0 fully saturated rings. The monoisotopic (exact) mass is 310 g/mol. The normalized spacial score (nSPS) is 14.5. The Morgan fingerprint density at radius 3 is 1.95 bits per heavy atom. The Labute approximate surface area is 127 Å². The van der Waals surface area contributed by atoms with Crippen molar-refractivity contribution in [2.45, 2.75) is 25.6 Å². The second-order valence-corrected chi connectivity index (χ2v) is 5.28. The zero-order valence-corrected chi connectivity index (χ0v) is 12.5. The summed E-state index contributed by atoms with van der Waals surface area (Å²) in [6, 6.07) is 9.99. The number of aliphatic hydroxyl groups is 1. The Kier molecular flexibility index (Phi) is 4.20. The lowest BCUT2D eigenvalue weighted by molar-refractivity contribution is -0.248. The van der Waals surface area contributed by atoms with Crippen LogP contribution in [0.5, 0.6) is 5.75 Å². The van der Waals surface area contributed by atoms with E-state index in [-0.39, 0.29) is 16.9 Å². The van der Waals surface area contributed by atoms with Gasteiger partial charge in [-0.05, 0) is 31.5 Å². The molecule has 0 aliphatic carbocycles. The summed E-state index contributed by atoms with van der Waals surface area (Å²) < 4.78 is 46.2. The second kappa shape index (κ2) is 5.65. The third kappa shape index (κ3) is 2.68. The SMILES string of the molecule is COc1ccc(C)cc1C(O)(c1ccc(C)cc1)C(F)(F)F. The van der Waals surface area contributed by atoms with E-state index in [1.807, 2.05) is 0 Å². The standard InChI is InChI=1S/C17H17F3O2/c1-11-4-7-13(8-5-11)16(21,17(18,19)20)14-10-12(2)6-9-15(14)22-3/h4-10,21H,1-3H3. The highest BCUT2D eigenvalue weighted by atomic mass is 19.4. The van der Waals surface area contributed by atoms with Crippen LogP contribution in [0, 0.1) is 13.8 Å². The molecule has 0 aliphatic rings. The van der Waals surface area contributed by atoms with Crippen molar-refractivity contribution in [3.8, 4) is 5.75 Å². The fourth-order valence-electron chi connectivity index (χ4n) is 2.37. The van der Waals surface area contributed by atoms with Gasteiger partial charge in [0, 0.05) is 5.56 Å². The summed E-state index contributed by atoms with van der Waals surface area (Å²) in [4.78, 5) is 0. The molecule has 0 saturated heterocycles. The van der Waals surface area contributed by atoms with Gasteiger partial charge in [-0.2, -0.15) is 13.2 Å². The molecule has 1 unspecified atom stereocenters. The first-order valence-corrected chi connectivity index (χ1v) is 6.71. The molecular formula is C17H17F3O2. The van der Waals surface area contributed by atoms with Crippen LogP contribution in [-0.2, 0) is 5.60 Å². The highest BCUT2D eigenvalue weighted by Gasteiger charge is 2.57. The fraction of sp³-hybridized carbons (Fsp3) is 0.294. The first-order valence-electron chi connectivity index (χ1n) is 6.71. The van der Waals surface area contributed by atoms with E-state index in [0.29, 0.717) is 5.56 Å². The Morgan fingerprint density at radius 1 is 0.909 bits per heavy atom. The van der Waals surface area contributed by atoms with Crippen molar-refractivity contribution in [3.63, 3.8) is 0 Å². The molecule has 0 amide bonds. The smallest absolute Gasteiger partial charge is 0.425 e. The van der Waals surface area contributed by atoms with Gasteiger partial charge in [-0.25, -0.2) is 0 Å². The van der Waals surface area contributed by atoms with Crippen LogP contribution in [0.1, 0.15) is 22.3 Å². The van der Waals surface area contributed by atoms with Crippen molar-refractivity contribution >= 4 is 0 Å². The lowest BCUT2D eigenvalue weighted by Crippen LogP contribution is -2.43. The highest BCUT2D eigenvalue weighted by Crippen LogP contribution is 2.47. The zero-order valence-electron chi connectivity index (χ0n) is 12.5. The van der Waals surface area contributed by atoms with E-state index >= 15 is 0 Å². The maximum atomic E-state index is 13.7. The predicted octanol–water partition coefficient (Wildman–Crippen LogP) is 4.11. The van der Waals surface area contributed by atoms with Crippen molar-refractivity contribution in [2.24, 2.45) is 0 Å². The molecule has 0 bridgehead atoms. The number of halogens is 3. The summed E-state index contributed by atoms with van der Waals surface area (Å²) in [5.74, 6) is -0.00833. The average molecular weight is 310 g/mol. The van der Waals surface area contributed by atoms with Crippen LogP contribution < -0.4 is 4.74 Å². The number of methoxy groups -OCH3 is 1. The summed E-state index contributed by atoms with van der Waals surface area (Å²) in [5, 5.41) is 10.6. The summed E-state index contributed by atoms with van der Waals surface area (Å²) in [7, 11) is 1.28. The van der Waals surface area contributed by atoms with Crippen molar-refractivity contribution in [2.75, 3.05) is 7.11 Å². The third-order valence-electron chi connectivity index (χ3n) is 3.62. The van der Waals surface area contributed by atoms with Gasteiger partial charge in [0.15, 0.2) is 0 Å². The maximum Gasteiger partial charge on any atom is 0.425 e. The van der Waals surface area contributed by atoms with Crippen molar-refractivity contribution < 1.29 is 23.0 Å². The topological polar surface area (TPSA) is 29.5 Å². The molecule has 2 aromatic rings. The lowest BCUT2D eigenvalue weighted by Gasteiger charge is -2.32. The Balaban J connectivity index is 2.76. The lowest BCUT2D eigenvalue weighted by atomic mass is 9.84. The summed E-state index contributed by atoms with van der Waals surface area (Å²) in [6.45, 7) is 3.43. The molecule has 5 heteroatoms. The summed E-state index contributed by atoms with van der Waals surface area (Å²) >= 11 is 0. The molecule has 118 valence electrons. The predicted molar refractivity (Wildman–Crippen MR) is 78.0 cm³/mol. The highest BCUT2D eigenvalue weighted by molar-refractivity contribution is 5.48. The molecule has 0 spiro atoms. The quantitative estimate of drug-likeness (QED) is 0.924. The van der Waals surface area contributed by atoms with Gasteiger partial charge >= 0.3 is 6.18 Å². The minimum absolute atomic E-state index is 0.00833. The van der Waals surface area contributed by atoms with Crippen molar-refractivity contribution in [3.05, 3.63) is 64.7 Å². The van der Waals surface area contributed by atoms with Gasteiger partial charge in [0.25, 0.3) is 0 Å². The number of alkyl halides is 3. The van der Waals surface area contributed by atoms with Crippen molar-refractivity contribution in [1.29, 1.82) is 0 Å². The molecule has 2 nitrogen and oxygen atoms in total. The van der Waals surface area contributed by atoms with Crippen LogP contribution >= 0.6 is 0 Å². The van der Waals surface area contributed by atoms with Gasteiger partial charge < -0.3 is 9.84 Å². The van der Waals surface area contributed by atoms with E-state index in [2.05, 4.69) is 0 Å². The largest absolute Gasteiger partial charge is 0.496 e. The number of rotatable bonds is 3. The van der Waals surface area contributed by atoms with Crippen LogP contribution in [0.4, 0.5) is 13.2 Å². The Morgan fingerprint density at radius 2 is 1.45 bits per heavy atom. The average Bonchev–Trinajstić information content (AvgIpc) is 2.46. The van der Waals surface area contributed by atoms with E-state index in [4.69, 9.17) is 4.74 Å². The number of ether oxygens (including phenoxy) is 1. The van der Waals surface area contributed by atoms with E-state index in [1.165, 1.54) is 43.5 Å². The van der Waals surface area contributed by atoms with Gasteiger partial charge in [0.2, 0.25) is 5.60 Å². The van der Waals surface area contributed by atoms with Gasteiger partial charge in [-0.1, -0.05) is 41.5 Å². The van der Waals surface area contributed by atoms with Gasteiger partial charge in [0.05, 0.1) is 7.11 Å². The molecule has 2 rings (SSSR count). The number of aryl methyl sites for hydroxylation is 2. The van der Waals surface area contributed by atoms with Crippen LogP contribution in [0.2, 0.25) is 0 Å². The van der Waals surface area contributed by atoms with Crippen LogP contribution in [0.25, 0.3) is 0 Å². The molecular weight excluding hydrogens is 293 g/mol. The van der Waals surface area contributed by atoms with Crippen LogP contribution in [0.3, 0.4) is 0 Å². The molecule has 2 aromatic carbocycles. The Bertz CT molecular complexity index is 663. The van der Waals surface area contributed by atoms with Gasteiger partial charge in [-0.3, -0.25) is 0 Å². The molecule has 0 aromatic heterocycles. The first-order chi connectivity index (χ1) is 10.2. The third-order valence-corrected chi connectivity index (χ3v) is 3.62. The maximum absolute atomic E-state index is 13.7. The first kappa shape index (κ1) is 16.4. The van der Waals surface area contributed by atoms with Crippen LogP contribution in [-0.4, -0.2) is 18.4 Å². The molecule has 0 heterocycles. The summed E-state index contributed by atoms with van der Waals surface area (Å²) in [5.41, 5.74) is -2.27. The van der Waals surface area contributed by atoms with Gasteiger partial charge in [0.1, 0.15) is 5.75 Å². The minimum Gasteiger partial charge on any atom is -0.496 e. The molecule has 0 radical (unpaired) electrons. The molecule has 1 atom stereocenters. The molecule has 0 aliphatic heterocycles. The Hall–Kier alpha value is -2.01. The van der Waals surface area contributed by atoms with E-state index in [9.17, 15) is 18.3 Å². The second-order valence-electron chi connectivity index (χ2n) is 5.28. The number of benzene rings is 2. The zero-order chi connectivity index (χ0) is 16.5.